The molecule has 0 spiro atoms. The average molecular weight is 699 g/mol. The molecule has 0 saturated heterocycles. The molecule has 0 aliphatic rings. The Balaban J connectivity index is 2.02. The fourth-order valence-electron chi connectivity index (χ4n) is 5.33. The standard InChI is InChI=1S/C41H62O9/c1-7-9-11-13-15-17-19-21-37(47-49-39(42)35-27-23-33(24-28-35)31(3)4)45-41(44)46-38(22-20-18-16-14-12-10-8-2)48-50-40(43)36-29-25-34(26-30-36)32(5)6/h23-32,37-38H,7-22H2,1-6H3. The van der Waals surface area contributed by atoms with Crippen LogP contribution in [-0.4, -0.2) is 30.7 Å². The molecule has 0 aromatic heterocycles. The lowest BCUT2D eigenvalue weighted by atomic mass is 10.0. The summed E-state index contributed by atoms with van der Waals surface area (Å²) in [6.45, 7) is 12.6. The van der Waals surface area contributed by atoms with Gasteiger partial charge in [0.15, 0.2) is 0 Å². The van der Waals surface area contributed by atoms with Crippen molar-refractivity contribution in [2.24, 2.45) is 0 Å². The second kappa shape index (κ2) is 25.5. The van der Waals surface area contributed by atoms with Crippen LogP contribution >= 0.6 is 0 Å². The van der Waals surface area contributed by atoms with E-state index in [-0.39, 0.29) is 0 Å². The van der Waals surface area contributed by atoms with Gasteiger partial charge in [-0.1, -0.05) is 143 Å². The molecule has 0 saturated carbocycles. The van der Waals surface area contributed by atoms with Crippen LogP contribution in [0.1, 0.15) is 188 Å². The number of hydrogen-bond acceptors (Lipinski definition) is 9. The first-order chi connectivity index (χ1) is 24.1. The summed E-state index contributed by atoms with van der Waals surface area (Å²) in [7, 11) is 0. The maximum absolute atomic E-state index is 13.0. The van der Waals surface area contributed by atoms with Crippen LogP contribution in [0.15, 0.2) is 48.5 Å². The van der Waals surface area contributed by atoms with Gasteiger partial charge < -0.3 is 9.47 Å². The fraction of sp³-hybridized carbons (Fsp3) is 0.634. The quantitative estimate of drug-likeness (QED) is 0.0312. The molecule has 0 bridgehead atoms. The van der Waals surface area contributed by atoms with Gasteiger partial charge in [0.25, 0.3) is 0 Å². The highest BCUT2D eigenvalue weighted by molar-refractivity contribution is 5.89. The molecule has 0 amide bonds. The van der Waals surface area contributed by atoms with Crippen molar-refractivity contribution in [1.82, 2.24) is 0 Å². The van der Waals surface area contributed by atoms with E-state index in [1.54, 1.807) is 24.3 Å². The molecule has 9 nitrogen and oxygen atoms in total. The summed E-state index contributed by atoms with van der Waals surface area (Å²) in [4.78, 5) is 59.4. The minimum absolute atomic E-state index is 0.299. The van der Waals surface area contributed by atoms with E-state index in [4.69, 9.17) is 29.0 Å². The zero-order chi connectivity index (χ0) is 36.6. The molecule has 2 rings (SSSR count). The third-order valence-corrected chi connectivity index (χ3v) is 8.63. The minimum atomic E-state index is -1.20. The van der Waals surface area contributed by atoms with Crippen molar-refractivity contribution in [1.29, 1.82) is 0 Å². The zero-order valence-corrected chi connectivity index (χ0v) is 31.4. The van der Waals surface area contributed by atoms with Crippen LogP contribution in [0.4, 0.5) is 4.79 Å². The predicted octanol–water partition coefficient (Wildman–Crippen LogP) is 11.9. The van der Waals surface area contributed by atoms with Gasteiger partial charge in [-0.2, -0.15) is 0 Å². The summed E-state index contributed by atoms with van der Waals surface area (Å²) in [5, 5.41) is 0. The van der Waals surface area contributed by atoms with Gasteiger partial charge >= 0.3 is 18.1 Å². The maximum atomic E-state index is 13.0. The Morgan fingerprint density at radius 1 is 0.480 bits per heavy atom. The number of ether oxygens (including phenoxy) is 2. The van der Waals surface area contributed by atoms with E-state index in [0.717, 1.165) is 49.7 Å². The smallest absolute Gasteiger partial charge is 0.400 e. The van der Waals surface area contributed by atoms with Crippen LogP contribution in [0.2, 0.25) is 0 Å². The number of carbonyl (C=O) groups excluding carboxylic acids is 3. The minimum Gasteiger partial charge on any atom is -0.400 e. The van der Waals surface area contributed by atoms with Crippen molar-refractivity contribution in [3.8, 4) is 0 Å². The second-order valence-corrected chi connectivity index (χ2v) is 13.7. The van der Waals surface area contributed by atoms with Gasteiger partial charge in [-0.25, -0.2) is 14.4 Å². The Hall–Kier alpha value is -3.43. The van der Waals surface area contributed by atoms with E-state index in [2.05, 4.69) is 41.5 Å². The van der Waals surface area contributed by atoms with Crippen molar-refractivity contribution in [3.05, 3.63) is 70.8 Å². The molecule has 9 heteroatoms. The summed E-state index contributed by atoms with van der Waals surface area (Å²) in [5.41, 5.74) is 2.81. The molecule has 2 atom stereocenters. The molecule has 0 fully saturated rings. The Bertz CT molecular complexity index is 1110. The highest BCUT2D eigenvalue weighted by Crippen LogP contribution is 2.20. The first kappa shape index (κ1) is 42.7. The Morgan fingerprint density at radius 2 is 0.800 bits per heavy atom. The molecule has 2 aromatic rings. The van der Waals surface area contributed by atoms with Crippen molar-refractivity contribution < 1.29 is 43.4 Å². The number of rotatable bonds is 26. The van der Waals surface area contributed by atoms with Gasteiger partial charge in [0.2, 0.25) is 12.6 Å². The molecule has 2 aromatic carbocycles. The van der Waals surface area contributed by atoms with Crippen molar-refractivity contribution in [3.63, 3.8) is 0 Å². The molecular formula is C41H62O9. The lowest BCUT2D eigenvalue weighted by molar-refractivity contribution is -0.348. The van der Waals surface area contributed by atoms with Crippen LogP contribution in [0.5, 0.6) is 0 Å². The third kappa shape index (κ3) is 18.0. The van der Waals surface area contributed by atoms with E-state index in [1.165, 1.54) is 38.5 Å². The summed E-state index contributed by atoms with van der Waals surface area (Å²) in [6, 6.07) is 14.2. The van der Waals surface area contributed by atoms with Crippen molar-refractivity contribution in [2.45, 2.75) is 169 Å². The van der Waals surface area contributed by atoms with Crippen LogP contribution in [0.3, 0.4) is 0 Å². The molecule has 0 radical (unpaired) electrons. The van der Waals surface area contributed by atoms with Gasteiger partial charge in [-0.3, -0.25) is 9.78 Å². The molecule has 280 valence electrons. The van der Waals surface area contributed by atoms with Gasteiger partial charge in [-0.15, -0.1) is 9.78 Å². The summed E-state index contributed by atoms with van der Waals surface area (Å²) in [6.07, 6.45) is 11.8. The molecular weight excluding hydrogens is 636 g/mol. The number of benzene rings is 2. The van der Waals surface area contributed by atoms with Crippen LogP contribution < -0.4 is 0 Å². The normalized spacial score (nSPS) is 12.5. The topological polar surface area (TPSA) is 107 Å². The van der Waals surface area contributed by atoms with Crippen molar-refractivity contribution >= 4 is 18.1 Å². The van der Waals surface area contributed by atoms with Crippen LogP contribution in [0, 0.1) is 0 Å². The summed E-state index contributed by atoms with van der Waals surface area (Å²) >= 11 is 0. The number of hydrogen-bond donors (Lipinski definition) is 0. The van der Waals surface area contributed by atoms with E-state index in [1.807, 2.05) is 24.3 Å². The SMILES string of the molecule is CCCCCCCCCC(OOC(=O)c1ccc(C(C)C)cc1)OC(=O)OC(CCCCCCCCC)OOC(=O)c1ccc(C(C)C)cc1. The molecule has 2 unspecified atom stereocenters. The monoisotopic (exact) mass is 698 g/mol. The Labute approximate surface area is 300 Å². The Morgan fingerprint density at radius 3 is 1.12 bits per heavy atom. The van der Waals surface area contributed by atoms with E-state index < -0.39 is 30.7 Å². The number of carbonyl (C=O) groups is 3. The second-order valence-electron chi connectivity index (χ2n) is 13.7. The fourth-order valence-corrected chi connectivity index (χ4v) is 5.33. The first-order valence-corrected chi connectivity index (χ1v) is 19.0. The van der Waals surface area contributed by atoms with Crippen LogP contribution in [0.25, 0.3) is 0 Å². The zero-order valence-electron chi connectivity index (χ0n) is 31.4. The van der Waals surface area contributed by atoms with Gasteiger partial charge in [0.05, 0.1) is 11.1 Å². The summed E-state index contributed by atoms with van der Waals surface area (Å²) in [5.74, 6) is -0.758. The highest BCUT2D eigenvalue weighted by Gasteiger charge is 2.25. The molecule has 0 aliphatic heterocycles. The highest BCUT2D eigenvalue weighted by atomic mass is 17.2. The van der Waals surface area contributed by atoms with Gasteiger partial charge in [-0.05, 0) is 60.1 Å². The van der Waals surface area contributed by atoms with Gasteiger partial charge in [0.1, 0.15) is 0 Å². The van der Waals surface area contributed by atoms with Crippen molar-refractivity contribution in [2.75, 3.05) is 0 Å². The molecule has 50 heavy (non-hydrogen) atoms. The molecule has 0 N–H and O–H groups in total. The third-order valence-electron chi connectivity index (χ3n) is 8.63. The van der Waals surface area contributed by atoms with Crippen LogP contribution in [-0.2, 0) is 29.0 Å². The average Bonchev–Trinajstić information content (AvgIpc) is 3.11. The van der Waals surface area contributed by atoms with E-state index >= 15 is 0 Å². The molecule has 0 heterocycles. The molecule has 0 aliphatic carbocycles. The van der Waals surface area contributed by atoms with E-state index in [0.29, 0.717) is 48.6 Å². The Kier molecular flexibility index (Phi) is 21.8. The lowest BCUT2D eigenvalue weighted by Gasteiger charge is -2.20. The van der Waals surface area contributed by atoms with E-state index in [9.17, 15) is 14.4 Å². The lowest BCUT2D eigenvalue weighted by Crippen LogP contribution is -2.28. The maximum Gasteiger partial charge on any atom is 0.513 e. The number of unbranched alkanes of at least 4 members (excludes halogenated alkanes) is 12. The first-order valence-electron chi connectivity index (χ1n) is 19.0. The van der Waals surface area contributed by atoms with Gasteiger partial charge in [0, 0.05) is 12.8 Å². The predicted molar refractivity (Wildman–Crippen MR) is 194 cm³/mol. The largest absolute Gasteiger partial charge is 0.513 e. The summed E-state index contributed by atoms with van der Waals surface area (Å²) < 4.78 is 11.0.